The van der Waals surface area contributed by atoms with E-state index in [9.17, 15) is 8.42 Å². The Hall–Kier alpha value is -1.95. The van der Waals surface area contributed by atoms with E-state index in [4.69, 9.17) is 0 Å². The van der Waals surface area contributed by atoms with Gasteiger partial charge in [0.15, 0.2) is 0 Å². The van der Waals surface area contributed by atoms with Crippen LogP contribution in [0.5, 0.6) is 0 Å². The molecule has 1 N–H and O–H groups in total. The van der Waals surface area contributed by atoms with Gasteiger partial charge in [0.05, 0.1) is 4.90 Å². The number of sulfonamides is 1. The highest BCUT2D eigenvalue weighted by atomic mass is 32.2. The van der Waals surface area contributed by atoms with E-state index >= 15 is 0 Å². The van der Waals surface area contributed by atoms with Gasteiger partial charge in [-0.25, -0.2) is 13.1 Å². The molecule has 1 saturated carbocycles. The summed E-state index contributed by atoms with van der Waals surface area (Å²) >= 11 is 1.67. The van der Waals surface area contributed by atoms with Crippen molar-refractivity contribution in [2.24, 2.45) is 0 Å². The van der Waals surface area contributed by atoms with Crippen LogP contribution in [0.1, 0.15) is 23.5 Å². The Kier molecular flexibility index (Phi) is 4.23. The van der Waals surface area contributed by atoms with Gasteiger partial charge in [-0.2, -0.15) is 0 Å². The van der Waals surface area contributed by atoms with Gasteiger partial charge in [-0.05, 0) is 53.6 Å². The van der Waals surface area contributed by atoms with Crippen LogP contribution in [0, 0.1) is 6.92 Å². The molecule has 0 bridgehead atoms. The molecule has 1 fully saturated rings. The van der Waals surface area contributed by atoms with E-state index in [2.05, 4.69) is 35.2 Å². The molecule has 2 aromatic carbocycles. The first-order valence-electron chi connectivity index (χ1n) is 8.26. The molecule has 25 heavy (non-hydrogen) atoms. The molecule has 128 valence electrons. The van der Waals surface area contributed by atoms with Crippen LogP contribution in [0.25, 0.3) is 10.4 Å². The second kappa shape index (κ2) is 6.41. The van der Waals surface area contributed by atoms with E-state index in [0.29, 0.717) is 4.90 Å². The highest BCUT2D eigenvalue weighted by molar-refractivity contribution is 7.89. The second-order valence-corrected chi connectivity index (χ2v) is 9.12. The molecular formula is C20H19NO2S2. The van der Waals surface area contributed by atoms with Crippen LogP contribution in [0.3, 0.4) is 0 Å². The van der Waals surface area contributed by atoms with Crippen LogP contribution in [-0.4, -0.2) is 14.5 Å². The standard InChI is InChI=1S/C20H19NO2S2/c1-14-11-20(24-13-14)16-7-9-17(10-8-16)25(22,23)21-19-12-18(19)15-5-3-2-4-6-15/h2-11,13,18-19,21H,12H2,1H3/t18-,19+/m0/s1. The van der Waals surface area contributed by atoms with E-state index in [1.165, 1.54) is 11.1 Å². The number of aryl methyl sites for hydroxylation is 1. The maximum absolute atomic E-state index is 12.6. The molecule has 0 amide bonds. The fourth-order valence-electron chi connectivity index (χ4n) is 3.04. The molecule has 5 heteroatoms. The number of thiophene rings is 1. The van der Waals surface area contributed by atoms with Crippen LogP contribution in [0.2, 0.25) is 0 Å². The zero-order chi connectivity index (χ0) is 17.4. The van der Waals surface area contributed by atoms with Crippen LogP contribution >= 0.6 is 11.3 Å². The van der Waals surface area contributed by atoms with Crippen molar-refractivity contribution in [2.75, 3.05) is 0 Å². The summed E-state index contributed by atoms with van der Waals surface area (Å²) in [6.45, 7) is 2.06. The van der Waals surface area contributed by atoms with Crippen LogP contribution < -0.4 is 4.72 Å². The van der Waals surface area contributed by atoms with E-state index < -0.39 is 10.0 Å². The third kappa shape index (κ3) is 3.54. The minimum atomic E-state index is -3.48. The predicted molar refractivity (Wildman–Crippen MR) is 102 cm³/mol. The number of hydrogen-bond donors (Lipinski definition) is 1. The van der Waals surface area contributed by atoms with Gasteiger partial charge in [0.2, 0.25) is 10.0 Å². The molecular weight excluding hydrogens is 350 g/mol. The summed E-state index contributed by atoms with van der Waals surface area (Å²) in [4.78, 5) is 1.48. The monoisotopic (exact) mass is 369 g/mol. The lowest BCUT2D eigenvalue weighted by molar-refractivity contribution is 0.580. The summed E-state index contributed by atoms with van der Waals surface area (Å²) in [6, 6.07) is 19.3. The quantitative estimate of drug-likeness (QED) is 0.717. The predicted octanol–water partition coefficient (Wildman–Crippen LogP) is 4.56. The molecule has 0 spiro atoms. The first kappa shape index (κ1) is 16.5. The Bertz CT molecular complexity index is 976. The fourth-order valence-corrected chi connectivity index (χ4v) is 5.24. The van der Waals surface area contributed by atoms with Gasteiger partial charge in [0.1, 0.15) is 0 Å². The van der Waals surface area contributed by atoms with Crippen LogP contribution in [0.4, 0.5) is 0 Å². The zero-order valence-electron chi connectivity index (χ0n) is 13.8. The zero-order valence-corrected chi connectivity index (χ0v) is 15.5. The van der Waals surface area contributed by atoms with Crippen molar-refractivity contribution >= 4 is 21.4 Å². The molecule has 2 atom stereocenters. The molecule has 0 radical (unpaired) electrons. The van der Waals surface area contributed by atoms with Crippen LogP contribution in [-0.2, 0) is 10.0 Å². The van der Waals surface area contributed by atoms with E-state index in [1.54, 1.807) is 23.5 Å². The van der Waals surface area contributed by atoms with Crippen molar-refractivity contribution in [1.82, 2.24) is 4.72 Å². The summed E-state index contributed by atoms with van der Waals surface area (Å²) < 4.78 is 28.0. The van der Waals surface area contributed by atoms with Crippen molar-refractivity contribution in [2.45, 2.75) is 30.2 Å². The smallest absolute Gasteiger partial charge is 0.207 e. The second-order valence-electron chi connectivity index (χ2n) is 6.49. The molecule has 1 aliphatic rings. The maximum Gasteiger partial charge on any atom is 0.240 e. The minimum Gasteiger partial charge on any atom is -0.207 e. The van der Waals surface area contributed by atoms with Gasteiger partial charge in [-0.15, -0.1) is 11.3 Å². The van der Waals surface area contributed by atoms with Gasteiger partial charge in [-0.1, -0.05) is 42.5 Å². The Balaban J connectivity index is 1.48. The molecule has 4 rings (SSSR count). The minimum absolute atomic E-state index is 0.00739. The third-order valence-corrected chi connectivity index (χ3v) is 7.11. The molecule has 1 heterocycles. The molecule has 1 aliphatic carbocycles. The van der Waals surface area contributed by atoms with E-state index in [0.717, 1.165) is 16.9 Å². The van der Waals surface area contributed by atoms with Gasteiger partial charge in [0.25, 0.3) is 0 Å². The maximum atomic E-state index is 12.6. The molecule has 3 aromatic rings. The summed E-state index contributed by atoms with van der Waals surface area (Å²) in [7, 11) is -3.48. The number of hydrogen-bond acceptors (Lipinski definition) is 3. The summed E-state index contributed by atoms with van der Waals surface area (Å²) in [6.07, 6.45) is 0.857. The number of nitrogens with one attached hydrogen (secondary N) is 1. The van der Waals surface area contributed by atoms with E-state index in [-0.39, 0.29) is 12.0 Å². The van der Waals surface area contributed by atoms with Gasteiger partial charge < -0.3 is 0 Å². The number of benzene rings is 2. The SMILES string of the molecule is Cc1csc(-c2ccc(S(=O)(=O)N[C@@H]3C[C@H]3c3ccccc3)cc2)c1. The van der Waals surface area contributed by atoms with Crippen molar-refractivity contribution in [1.29, 1.82) is 0 Å². The Morgan fingerprint density at radius 3 is 2.40 bits per heavy atom. The number of rotatable bonds is 5. The van der Waals surface area contributed by atoms with Crippen molar-refractivity contribution in [3.8, 4) is 10.4 Å². The lowest BCUT2D eigenvalue weighted by Crippen LogP contribution is -2.26. The van der Waals surface area contributed by atoms with E-state index in [1.807, 2.05) is 30.3 Å². The normalized spacial score (nSPS) is 19.7. The van der Waals surface area contributed by atoms with Crippen molar-refractivity contribution in [3.63, 3.8) is 0 Å². The van der Waals surface area contributed by atoms with Crippen molar-refractivity contribution in [3.05, 3.63) is 77.2 Å². The summed E-state index contributed by atoms with van der Waals surface area (Å²) in [5.41, 5.74) is 3.46. The van der Waals surface area contributed by atoms with Crippen molar-refractivity contribution < 1.29 is 8.42 Å². The van der Waals surface area contributed by atoms with Gasteiger partial charge in [-0.3, -0.25) is 0 Å². The summed E-state index contributed by atoms with van der Waals surface area (Å²) in [5, 5.41) is 2.10. The molecule has 0 unspecified atom stereocenters. The van der Waals surface area contributed by atoms with Gasteiger partial charge >= 0.3 is 0 Å². The van der Waals surface area contributed by atoms with Crippen LogP contribution in [0.15, 0.2) is 70.9 Å². The molecule has 1 aromatic heterocycles. The lowest BCUT2D eigenvalue weighted by Gasteiger charge is -2.07. The van der Waals surface area contributed by atoms with Gasteiger partial charge in [0, 0.05) is 16.8 Å². The Morgan fingerprint density at radius 2 is 1.76 bits per heavy atom. The average Bonchev–Trinajstić information content (AvgIpc) is 3.24. The molecule has 0 aliphatic heterocycles. The largest absolute Gasteiger partial charge is 0.240 e. The Labute approximate surface area is 152 Å². The third-order valence-electron chi connectivity index (χ3n) is 4.50. The fraction of sp³-hybridized carbons (Fsp3) is 0.200. The Morgan fingerprint density at radius 1 is 1.04 bits per heavy atom. The lowest BCUT2D eigenvalue weighted by atomic mass is 10.1. The first-order chi connectivity index (χ1) is 12.0. The highest BCUT2D eigenvalue weighted by Crippen LogP contribution is 2.41. The molecule has 0 saturated heterocycles. The average molecular weight is 370 g/mol. The topological polar surface area (TPSA) is 46.2 Å². The first-order valence-corrected chi connectivity index (χ1v) is 10.6. The highest BCUT2D eigenvalue weighted by Gasteiger charge is 2.41. The molecule has 3 nitrogen and oxygen atoms in total. The summed E-state index contributed by atoms with van der Waals surface area (Å²) in [5.74, 6) is 0.282.